The highest BCUT2D eigenvalue weighted by Crippen LogP contribution is 2.46. The predicted molar refractivity (Wildman–Crippen MR) is 87.3 cm³/mol. The van der Waals surface area contributed by atoms with Crippen molar-refractivity contribution < 1.29 is 14.4 Å². The van der Waals surface area contributed by atoms with Gasteiger partial charge in [-0.05, 0) is 18.1 Å². The number of nitrogens with one attached hydrogen (secondary N) is 1. The zero-order valence-electron chi connectivity index (χ0n) is 12.7. The third-order valence-corrected chi connectivity index (χ3v) is 6.11. The Morgan fingerprint density at radius 2 is 2.04 bits per heavy atom. The molecule has 2 fully saturated rings. The van der Waals surface area contributed by atoms with Crippen LogP contribution in [0.25, 0.3) is 0 Å². The third kappa shape index (κ3) is 1.86. The fraction of sp³-hybridized carbons (Fsp3) is 0.438. The molecule has 0 aromatic heterocycles. The Morgan fingerprint density at radius 1 is 1.26 bits per heavy atom. The van der Waals surface area contributed by atoms with Crippen LogP contribution in [-0.4, -0.2) is 53.9 Å². The molecule has 0 radical (unpaired) electrons. The minimum atomic E-state index is -1.22. The lowest BCUT2D eigenvalue weighted by Gasteiger charge is -2.53. The number of para-hydroxylation sites is 1. The summed E-state index contributed by atoms with van der Waals surface area (Å²) >= 11 is 1.75. The van der Waals surface area contributed by atoms with Gasteiger partial charge < -0.3 is 4.90 Å². The average molecular weight is 331 g/mol. The van der Waals surface area contributed by atoms with Gasteiger partial charge in [0.1, 0.15) is 0 Å². The highest BCUT2D eigenvalue weighted by molar-refractivity contribution is 7.99. The van der Waals surface area contributed by atoms with E-state index >= 15 is 0 Å². The number of urea groups is 1. The average Bonchev–Trinajstić information content (AvgIpc) is 2.58. The van der Waals surface area contributed by atoms with E-state index in [2.05, 4.69) is 10.2 Å². The predicted octanol–water partition coefficient (Wildman–Crippen LogP) is 0.859. The minimum Gasteiger partial charge on any atom is -0.365 e. The van der Waals surface area contributed by atoms with Crippen molar-refractivity contribution in [3.8, 4) is 0 Å². The number of rotatable bonds is 0. The lowest BCUT2D eigenvalue weighted by Crippen LogP contribution is -2.72. The number of anilines is 1. The number of carbonyl (C=O) groups is 3. The molecule has 2 unspecified atom stereocenters. The number of benzene rings is 1. The molecule has 0 bridgehead atoms. The van der Waals surface area contributed by atoms with Gasteiger partial charge in [0.05, 0.1) is 6.04 Å². The largest absolute Gasteiger partial charge is 0.365 e. The Hall–Kier alpha value is -2.02. The first-order chi connectivity index (χ1) is 11.1. The van der Waals surface area contributed by atoms with E-state index in [4.69, 9.17) is 0 Å². The zero-order chi connectivity index (χ0) is 16.2. The van der Waals surface area contributed by atoms with Gasteiger partial charge in [0.2, 0.25) is 11.8 Å². The maximum Gasteiger partial charge on any atom is 0.330 e. The van der Waals surface area contributed by atoms with Gasteiger partial charge in [0, 0.05) is 30.8 Å². The summed E-state index contributed by atoms with van der Waals surface area (Å²) in [5.41, 5.74) is 0.871. The van der Waals surface area contributed by atoms with Gasteiger partial charge in [-0.15, -0.1) is 0 Å². The number of barbiturate groups is 1. The summed E-state index contributed by atoms with van der Waals surface area (Å²) in [6.45, 7) is 0.798. The topological polar surface area (TPSA) is 69.7 Å². The zero-order valence-corrected chi connectivity index (χ0v) is 13.6. The molecule has 2 saturated heterocycles. The van der Waals surface area contributed by atoms with Crippen molar-refractivity contribution in [3.63, 3.8) is 0 Å². The number of hydrogen-bond donors (Lipinski definition) is 1. The van der Waals surface area contributed by atoms with E-state index in [9.17, 15) is 14.4 Å². The Kier molecular flexibility index (Phi) is 3.16. The molecular weight excluding hydrogens is 314 g/mol. The number of imide groups is 2. The van der Waals surface area contributed by atoms with E-state index in [1.165, 1.54) is 7.05 Å². The summed E-state index contributed by atoms with van der Waals surface area (Å²) in [4.78, 5) is 40.8. The summed E-state index contributed by atoms with van der Waals surface area (Å²) in [6.07, 6.45) is 0.340. The van der Waals surface area contributed by atoms with Crippen LogP contribution in [0.1, 0.15) is 5.56 Å². The molecule has 1 aromatic rings. The van der Waals surface area contributed by atoms with Crippen LogP contribution in [0.4, 0.5) is 10.5 Å². The van der Waals surface area contributed by atoms with Crippen molar-refractivity contribution in [2.45, 2.75) is 12.5 Å². The van der Waals surface area contributed by atoms with Crippen LogP contribution in [0.5, 0.6) is 0 Å². The van der Waals surface area contributed by atoms with Gasteiger partial charge in [0.25, 0.3) is 0 Å². The van der Waals surface area contributed by atoms with Crippen LogP contribution in [0.2, 0.25) is 0 Å². The molecule has 1 aromatic carbocycles. The van der Waals surface area contributed by atoms with Crippen LogP contribution in [0.15, 0.2) is 24.3 Å². The lowest BCUT2D eigenvalue weighted by atomic mass is 9.69. The van der Waals surface area contributed by atoms with Crippen LogP contribution in [0, 0.1) is 5.41 Å². The van der Waals surface area contributed by atoms with Crippen molar-refractivity contribution in [2.75, 3.05) is 30.0 Å². The molecular formula is C16H17N3O3S. The summed E-state index contributed by atoms with van der Waals surface area (Å²) in [7, 11) is 1.44. The Bertz CT molecular complexity index is 722. The molecule has 3 heterocycles. The van der Waals surface area contributed by atoms with Gasteiger partial charge in [0.15, 0.2) is 5.41 Å². The first kappa shape index (κ1) is 14.6. The van der Waals surface area contributed by atoms with E-state index < -0.39 is 23.3 Å². The summed E-state index contributed by atoms with van der Waals surface area (Å²) < 4.78 is 0. The second kappa shape index (κ2) is 4.99. The van der Waals surface area contributed by atoms with E-state index in [0.717, 1.165) is 28.4 Å². The molecule has 3 aliphatic rings. The highest BCUT2D eigenvalue weighted by atomic mass is 32.2. The highest BCUT2D eigenvalue weighted by Gasteiger charge is 2.61. The molecule has 3 aliphatic heterocycles. The maximum absolute atomic E-state index is 13.0. The van der Waals surface area contributed by atoms with Crippen LogP contribution in [0.3, 0.4) is 0 Å². The molecule has 0 saturated carbocycles. The van der Waals surface area contributed by atoms with Crippen LogP contribution < -0.4 is 10.2 Å². The SMILES string of the molecule is CN1C(=O)NC(=O)C2(Cc3ccccc3N3CCSCC32)C1=O. The van der Waals surface area contributed by atoms with E-state index in [-0.39, 0.29) is 6.04 Å². The minimum absolute atomic E-state index is 0.223. The molecule has 0 aliphatic carbocycles. The van der Waals surface area contributed by atoms with E-state index in [0.29, 0.717) is 12.2 Å². The van der Waals surface area contributed by atoms with Gasteiger partial charge in [-0.2, -0.15) is 11.8 Å². The molecule has 23 heavy (non-hydrogen) atoms. The van der Waals surface area contributed by atoms with Crippen LogP contribution >= 0.6 is 11.8 Å². The first-order valence-corrected chi connectivity index (χ1v) is 8.77. The standard InChI is InChI=1S/C16H17N3O3S/c1-18-14(21)16(13(20)17-15(18)22)8-10-4-2-3-5-11(10)19-6-7-23-9-12(16)19/h2-5,12H,6-9H2,1H3,(H,17,20,22). The van der Waals surface area contributed by atoms with Gasteiger partial charge >= 0.3 is 6.03 Å². The quantitative estimate of drug-likeness (QED) is 0.714. The first-order valence-electron chi connectivity index (χ1n) is 7.61. The van der Waals surface area contributed by atoms with Crippen molar-refractivity contribution in [1.29, 1.82) is 0 Å². The number of fused-ring (bicyclic) bond motifs is 4. The maximum atomic E-state index is 13.0. The summed E-state index contributed by atoms with van der Waals surface area (Å²) in [5, 5.41) is 2.38. The second-order valence-corrected chi connectivity index (χ2v) is 7.33. The monoisotopic (exact) mass is 331 g/mol. The van der Waals surface area contributed by atoms with E-state index in [1.54, 1.807) is 11.8 Å². The molecule has 4 rings (SSSR count). The van der Waals surface area contributed by atoms with Crippen molar-refractivity contribution >= 4 is 35.3 Å². The molecule has 7 heteroatoms. The molecule has 6 nitrogen and oxygen atoms in total. The second-order valence-electron chi connectivity index (χ2n) is 6.18. The Labute approximate surface area is 138 Å². The number of carbonyl (C=O) groups excluding carboxylic acids is 3. The van der Waals surface area contributed by atoms with E-state index in [1.807, 2.05) is 24.3 Å². The van der Waals surface area contributed by atoms with Crippen LogP contribution in [-0.2, 0) is 16.0 Å². The third-order valence-electron chi connectivity index (χ3n) is 5.08. The summed E-state index contributed by atoms with van der Waals surface area (Å²) in [6, 6.07) is 7.05. The smallest absolute Gasteiger partial charge is 0.330 e. The number of amides is 4. The molecule has 1 N–H and O–H groups in total. The van der Waals surface area contributed by atoms with Crippen molar-refractivity contribution in [2.24, 2.45) is 5.41 Å². The molecule has 4 amide bonds. The molecule has 2 atom stereocenters. The Balaban J connectivity index is 1.89. The van der Waals surface area contributed by atoms with Gasteiger partial charge in [-0.1, -0.05) is 18.2 Å². The number of thioether (sulfide) groups is 1. The normalized spacial score (nSPS) is 30.1. The Morgan fingerprint density at radius 3 is 2.87 bits per heavy atom. The summed E-state index contributed by atoms with van der Waals surface area (Å²) in [5.74, 6) is 0.817. The fourth-order valence-corrected chi connectivity index (χ4v) is 5.07. The van der Waals surface area contributed by atoms with Gasteiger partial charge in [-0.25, -0.2) is 4.79 Å². The molecule has 1 spiro atoms. The molecule has 120 valence electrons. The van der Waals surface area contributed by atoms with Crippen molar-refractivity contribution in [1.82, 2.24) is 10.2 Å². The van der Waals surface area contributed by atoms with Crippen molar-refractivity contribution in [3.05, 3.63) is 29.8 Å². The number of hydrogen-bond acceptors (Lipinski definition) is 5. The van der Waals surface area contributed by atoms with Gasteiger partial charge in [-0.3, -0.25) is 19.8 Å². The fourth-order valence-electron chi connectivity index (χ4n) is 3.89. The number of nitrogens with zero attached hydrogens (tertiary/aromatic N) is 2. The lowest BCUT2D eigenvalue weighted by molar-refractivity contribution is -0.152.